The highest BCUT2D eigenvalue weighted by molar-refractivity contribution is 5.89. The molecule has 0 spiro atoms. The summed E-state index contributed by atoms with van der Waals surface area (Å²) in [6.07, 6.45) is 3.77. The lowest BCUT2D eigenvalue weighted by Gasteiger charge is -2.24. The van der Waals surface area contributed by atoms with Crippen molar-refractivity contribution in [2.75, 3.05) is 7.11 Å². The van der Waals surface area contributed by atoms with Gasteiger partial charge in [-0.2, -0.15) is 0 Å². The van der Waals surface area contributed by atoms with Gasteiger partial charge in [0.25, 0.3) is 0 Å². The van der Waals surface area contributed by atoms with Crippen LogP contribution in [0.25, 0.3) is 0 Å². The molecule has 0 aliphatic heterocycles. The lowest BCUT2D eigenvalue weighted by atomic mass is 10.0. The molecule has 0 bridgehead atoms. The smallest absolute Gasteiger partial charge is 0.408 e. The Labute approximate surface area is 173 Å². The Bertz CT molecular complexity index is 633. The molecule has 0 aliphatic rings. The molecule has 7 heteroatoms. The van der Waals surface area contributed by atoms with E-state index in [9.17, 15) is 14.4 Å². The van der Waals surface area contributed by atoms with E-state index >= 15 is 0 Å². The highest BCUT2D eigenvalue weighted by Crippen LogP contribution is 2.09. The zero-order valence-corrected chi connectivity index (χ0v) is 17.9. The van der Waals surface area contributed by atoms with Crippen LogP contribution in [0.2, 0.25) is 0 Å². The molecular weight excluding hydrogens is 372 g/mol. The molecule has 2 N–H and O–H groups in total. The first-order chi connectivity index (χ1) is 13.9. The van der Waals surface area contributed by atoms with Crippen molar-refractivity contribution in [1.82, 2.24) is 10.6 Å². The zero-order valence-electron chi connectivity index (χ0n) is 17.9. The largest absolute Gasteiger partial charge is 0.467 e. The molecule has 1 aromatic rings. The SMILES string of the molecule is CCCCCC[C@H](NC(=O)[C@H](NC(=O)OCc1ccccc1)C(C)C)C(=O)OC. The standard InChI is InChI=1S/C22H34N2O5/c1-5-6-7-11-14-18(21(26)28-4)23-20(25)19(16(2)3)24-22(27)29-15-17-12-9-8-10-13-17/h8-10,12-13,16,18-19H,5-7,11,14-15H2,1-4H3,(H,23,25)(H,24,27)/t18-,19+/m0/s1. The van der Waals surface area contributed by atoms with Crippen molar-refractivity contribution < 1.29 is 23.9 Å². The number of benzene rings is 1. The lowest BCUT2D eigenvalue weighted by Crippen LogP contribution is -2.53. The van der Waals surface area contributed by atoms with Gasteiger partial charge in [0.2, 0.25) is 5.91 Å². The third-order valence-electron chi connectivity index (χ3n) is 4.58. The van der Waals surface area contributed by atoms with Crippen LogP contribution in [0.15, 0.2) is 30.3 Å². The maximum Gasteiger partial charge on any atom is 0.408 e. The van der Waals surface area contributed by atoms with Crippen LogP contribution in [-0.4, -0.2) is 37.2 Å². The summed E-state index contributed by atoms with van der Waals surface area (Å²) in [7, 11) is 1.30. The highest BCUT2D eigenvalue weighted by Gasteiger charge is 2.29. The molecule has 0 aromatic heterocycles. The van der Waals surface area contributed by atoms with Gasteiger partial charge in [0.05, 0.1) is 7.11 Å². The number of unbranched alkanes of at least 4 members (excludes halogenated alkanes) is 3. The molecule has 2 atom stereocenters. The number of hydrogen-bond donors (Lipinski definition) is 2. The second kappa shape index (κ2) is 13.6. The highest BCUT2D eigenvalue weighted by atomic mass is 16.5. The van der Waals surface area contributed by atoms with E-state index in [2.05, 4.69) is 17.6 Å². The molecule has 2 amide bonds. The van der Waals surface area contributed by atoms with Crippen LogP contribution in [0.3, 0.4) is 0 Å². The molecule has 0 fully saturated rings. The first kappa shape index (κ1) is 24.5. The van der Waals surface area contributed by atoms with Crippen molar-refractivity contribution in [2.45, 2.75) is 71.6 Å². The summed E-state index contributed by atoms with van der Waals surface area (Å²) in [5, 5.41) is 5.32. The molecule has 0 saturated carbocycles. The minimum Gasteiger partial charge on any atom is -0.467 e. The van der Waals surface area contributed by atoms with E-state index < -0.39 is 30.1 Å². The van der Waals surface area contributed by atoms with Crippen LogP contribution >= 0.6 is 0 Å². The average Bonchev–Trinajstić information content (AvgIpc) is 2.72. The summed E-state index contributed by atoms with van der Waals surface area (Å²) >= 11 is 0. The van der Waals surface area contributed by atoms with Gasteiger partial charge in [0.1, 0.15) is 18.7 Å². The van der Waals surface area contributed by atoms with E-state index in [1.807, 2.05) is 44.2 Å². The zero-order chi connectivity index (χ0) is 21.6. The second-order valence-corrected chi connectivity index (χ2v) is 7.36. The number of carbonyl (C=O) groups excluding carboxylic acids is 3. The second-order valence-electron chi connectivity index (χ2n) is 7.36. The fourth-order valence-electron chi connectivity index (χ4n) is 2.85. The normalized spacial score (nSPS) is 12.7. The predicted molar refractivity (Wildman–Crippen MR) is 111 cm³/mol. The van der Waals surface area contributed by atoms with Gasteiger partial charge in [-0.15, -0.1) is 0 Å². The number of esters is 1. The Morgan fingerprint density at radius 3 is 2.28 bits per heavy atom. The molecule has 0 unspecified atom stereocenters. The first-order valence-corrected chi connectivity index (χ1v) is 10.2. The number of nitrogens with one attached hydrogen (secondary N) is 2. The number of hydrogen-bond acceptors (Lipinski definition) is 5. The maximum atomic E-state index is 12.7. The molecule has 29 heavy (non-hydrogen) atoms. The quantitative estimate of drug-likeness (QED) is 0.409. The van der Waals surface area contributed by atoms with Crippen molar-refractivity contribution in [3.05, 3.63) is 35.9 Å². The van der Waals surface area contributed by atoms with Crippen LogP contribution in [0, 0.1) is 5.92 Å². The summed E-state index contributed by atoms with van der Waals surface area (Å²) in [4.78, 5) is 36.9. The topological polar surface area (TPSA) is 93.7 Å². The molecular formula is C22H34N2O5. The van der Waals surface area contributed by atoms with E-state index in [1.54, 1.807) is 0 Å². The fourth-order valence-corrected chi connectivity index (χ4v) is 2.85. The van der Waals surface area contributed by atoms with Gasteiger partial charge >= 0.3 is 12.1 Å². The maximum absolute atomic E-state index is 12.7. The van der Waals surface area contributed by atoms with E-state index in [1.165, 1.54) is 7.11 Å². The van der Waals surface area contributed by atoms with E-state index in [4.69, 9.17) is 9.47 Å². The van der Waals surface area contributed by atoms with E-state index in [0.717, 1.165) is 31.2 Å². The Kier molecular flexibility index (Phi) is 11.5. The summed E-state index contributed by atoms with van der Waals surface area (Å²) < 4.78 is 10.0. The average molecular weight is 407 g/mol. The lowest BCUT2D eigenvalue weighted by molar-refractivity contribution is -0.145. The number of rotatable bonds is 12. The van der Waals surface area contributed by atoms with Crippen LogP contribution in [-0.2, 0) is 25.7 Å². The fraction of sp³-hybridized carbons (Fsp3) is 0.591. The summed E-state index contributed by atoms with van der Waals surface area (Å²) in [6, 6.07) is 7.73. The van der Waals surface area contributed by atoms with Crippen LogP contribution in [0.4, 0.5) is 4.79 Å². The molecule has 1 aromatic carbocycles. The van der Waals surface area contributed by atoms with Gasteiger partial charge in [-0.1, -0.05) is 76.8 Å². The number of methoxy groups -OCH3 is 1. The third-order valence-corrected chi connectivity index (χ3v) is 4.58. The van der Waals surface area contributed by atoms with Crippen molar-refractivity contribution >= 4 is 18.0 Å². The molecule has 0 heterocycles. The van der Waals surface area contributed by atoms with E-state index in [0.29, 0.717) is 6.42 Å². The van der Waals surface area contributed by atoms with Gasteiger partial charge in [-0.3, -0.25) is 4.79 Å². The van der Waals surface area contributed by atoms with Crippen LogP contribution in [0.5, 0.6) is 0 Å². The van der Waals surface area contributed by atoms with Crippen molar-refractivity contribution in [1.29, 1.82) is 0 Å². The van der Waals surface area contributed by atoms with Crippen molar-refractivity contribution in [2.24, 2.45) is 5.92 Å². The third kappa shape index (κ3) is 9.45. The molecule has 0 saturated heterocycles. The number of alkyl carbamates (subject to hydrolysis) is 1. The first-order valence-electron chi connectivity index (χ1n) is 10.2. The molecule has 162 valence electrons. The molecule has 7 nitrogen and oxygen atoms in total. The monoisotopic (exact) mass is 406 g/mol. The Morgan fingerprint density at radius 1 is 1.00 bits per heavy atom. The molecule has 1 rings (SSSR count). The molecule has 0 aliphatic carbocycles. The Morgan fingerprint density at radius 2 is 1.69 bits per heavy atom. The van der Waals surface area contributed by atoms with Gasteiger partial charge in [-0.25, -0.2) is 9.59 Å². The van der Waals surface area contributed by atoms with Crippen LogP contribution in [0.1, 0.15) is 58.4 Å². The number of carbonyl (C=O) groups is 3. The van der Waals surface area contributed by atoms with Gasteiger partial charge in [0, 0.05) is 0 Å². The van der Waals surface area contributed by atoms with Crippen LogP contribution < -0.4 is 10.6 Å². The Hall–Kier alpha value is -2.57. The Balaban J connectivity index is 2.63. The van der Waals surface area contributed by atoms with Gasteiger partial charge in [-0.05, 0) is 17.9 Å². The van der Waals surface area contributed by atoms with Crippen molar-refractivity contribution in [3.8, 4) is 0 Å². The summed E-state index contributed by atoms with van der Waals surface area (Å²) in [6.45, 7) is 5.85. The van der Waals surface area contributed by atoms with Gasteiger partial charge < -0.3 is 20.1 Å². The summed E-state index contributed by atoms with van der Waals surface area (Å²) in [5.41, 5.74) is 0.853. The predicted octanol–water partition coefficient (Wildman–Crippen LogP) is 3.57. The number of ether oxygens (including phenoxy) is 2. The number of amides is 2. The minimum absolute atomic E-state index is 0.112. The minimum atomic E-state index is -0.818. The molecule has 0 radical (unpaired) electrons. The summed E-state index contributed by atoms with van der Waals surface area (Å²) in [5.74, 6) is -1.09. The van der Waals surface area contributed by atoms with Crippen molar-refractivity contribution in [3.63, 3.8) is 0 Å². The van der Waals surface area contributed by atoms with Gasteiger partial charge in [0.15, 0.2) is 0 Å². The van der Waals surface area contributed by atoms with E-state index in [-0.39, 0.29) is 12.5 Å².